The van der Waals surface area contributed by atoms with E-state index in [4.69, 9.17) is 0 Å². The van der Waals surface area contributed by atoms with E-state index in [0.717, 1.165) is 0 Å². The van der Waals surface area contributed by atoms with Crippen molar-refractivity contribution in [1.82, 2.24) is 9.36 Å². The number of rotatable bonds is 5. The Balaban J connectivity index is 2.98. The van der Waals surface area contributed by atoms with Crippen LogP contribution >= 0.6 is 0 Å². The molecule has 18 heavy (non-hydrogen) atoms. The molecule has 0 unspecified atom stereocenters. The minimum absolute atomic E-state index is 0.638. The van der Waals surface area contributed by atoms with Crippen LogP contribution in [0, 0.1) is 0 Å². The summed E-state index contributed by atoms with van der Waals surface area (Å²) in [6.45, 7) is 21.2. The van der Waals surface area contributed by atoms with E-state index in [1.54, 1.807) is 0 Å². The topological polar surface area (TPSA) is 9.72 Å². The Hall–Kier alpha value is 0.679. The Labute approximate surface area is 122 Å². The van der Waals surface area contributed by atoms with Crippen molar-refractivity contribution in [3.05, 3.63) is 0 Å². The molecule has 0 amide bonds. The fraction of sp³-hybridized carbons (Fsp3) is 1.00. The van der Waals surface area contributed by atoms with E-state index >= 15 is 0 Å². The summed E-state index contributed by atoms with van der Waals surface area (Å²) in [4.78, 5) is 0. The van der Waals surface area contributed by atoms with Crippen molar-refractivity contribution < 1.29 is 0 Å². The van der Waals surface area contributed by atoms with E-state index in [-0.39, 0.29) is 0 Å². The molecule has 0 aliphatic carbocycles. The van der Waals surface area contributed by atoms with Crippen LogP contribution in [0.1, 0.15) is 62.3 Å². The van der Waals surface area contributed by atoms with E-state index < -0.39 is 20.6 Å². The van der Waals surface area contributed by atoms with E-state index in [1.165, 1.54) is 0 Å². The first kappa shape index (κ1) is 16.7. The first-order valence-electron chi connectivity index (χ1n) is 7.42. The normalized spacial score (nSPS) is 21.0. The first-order chi connectivity index (χ1) is 8.20. The van der Waals surface area contributed by atoms with Gasteiger partial charge in [-0.15, -0.1) is 0 Å². The van der Waals surface area contributed by atoms with E-state index in [2.05, 4.69) is 71.7 Å². The summed E-state index contributed by atoms with van der Waals surface area (Å²) in [7, 11) is 0. The van der Waals surface area contributed by atoms with Crippen LogP contribution < -0.4 is 0 Å². The third kappa shape index (κ3) is 3.05. The van der Waals surface area contributed by atoms with Crippen LogP contribution in [0.15, 0.2) is 0 Å². The van der Waals surface area contributed by atoms with Crippen molar-refractivity contribution in [3.8, 4) is 0 Å². The second-order valence-corrected chi connectivity index (χ2v) is 12.7. The molecule has 0 saturated carbocycles. The van der Waals surface area contributed by atoms with Crippen molar-refractivity contribution in [2.24, 2.45) is 0 Å². The van der Waals surface area contributed by atoms with Gasteiger partial charge in [-0.05, 0) is 0 Å². The van der Waals surface area contributed by atoms with Gasteiger partial charge in [0.15, 0.2) is 0 Å². The van der Waals surface area contributed by atoms with Gasteiger partial charge in [-0.3, -0.25) is 0 Å². The van der Waals surface area contributed by atoms with Crippen molar-refractivity contribution >= 4 is 20.6 Å². The zero-order valence-corrected chi connectivity index (χ0v) is 16.6. The zero-order valence-electron chi connectivity index (χ0n) is 13.7. The number of hydrogen-bond acceptors (Lipinski definition) is 3. The summed E-state index contributed by atoms with van der Waals surface area (Å²) in [6.07, 6.45) is 0.638. The van der Waals surface area contributed by atoms with Gasteiger partial charge in [0.1, 0.15) is 0 Å². The SMILES string of the molecule is CC(C)[N](C(C)C)[Sn]1[N](C(C)C)C(C)[N]1C(C)C. The average molecular weight is 361 g/mol. The molecule has 3 nitrogen and oxygen atoms in total. The quantitative estimate of drug-likeness (QED) is 0.698. The summed E-state index contributed by atoms with van der Waals surface area (Å²) < 4.78 is 8.46. The summed E-state index contributed by atoms with van der Waals surface area (Å²) in [5, 5.41) is 0. The Morgan fingerprint density at radius 2 is 1.11 bits per heavy atom. The van der Waals surface area contributed by atoms with Crippen LogP contribution in [-0.4, -0.2) is 60.3 Å². The fourth-order valence-corrected chi connectivity index (χ4v) is 12.9. The summed E-state index contributed by atoms with van der Waals surface area (Å²) in [6, 6.07) is 2.69. The van der Waals surface area contributed by atoms with Gasteiger partial charge in [-0.1, -0.05) is 0 Å². The molecule has 0 N–H and O–H groups in total. The molecule has 1 radical (unpaired) electrons. The average Bonchev–Trinajstić information content (AvgIpc) is 2.13. The van der Waals surface area contributed by atoms with Crippen molar-refractivity contribution in [2.45, 2.75) is 92.6 Å². The molecule has 0 aromatic rings. The predicted octanol–water partition coefficient (Wildman–Crippen LogP) is 2.87. The van der Waals surface area contributed by atoms with Crippen LogP contribution in [0.25, 0.3) is 0 Å². The van der Waals surface area contributed by atoms with Gasteiger partial charge in [0.2, 0.25) is 0 Å². The Morgan fingerprint density at radius 3 is 1.33 bits per heavy atom. The van der Waals surface area contributed by atoms with Crippen molar-refractivity contribution in [3.63, 3.8) is 0 Å². The molecule has 0 spiro atoms. The zero-order chi connectivity index (χ0) is 14.2. The second-order valence-electron chi connectivity index (χ2n) is 6.53. The van der Waals surface area contributed by atoms with E-state index in [9.17, 15) is 0 Å². The van der Waals surface area contributed by atoms with Crippen molar-refractivity contribution in [2.75, 3.05) is 0 Å². The van der Waals surface area contributed by atoms with Gasteiger partial charge in [-0.2, -0.15) is 0 Å². The molecule has 1 rings (SSSR count). The van der Waals surface area contributed by atoms with Crippen LogP contribution in [-0.2, 0) is 0 Å². The van der Waals surface area contributed by atoms with Gasteiger partial charge in [0.05, 0.1) is 0 Å². The Kier molecular flexibility index (Phi) is 5.97. The van der Waals surface area contributed by atoms with Crippen LogP contribution in [0.3, 0.4) is 0 Å². The minimum atomic E-state index is -1.80. The fourth-order valence-electron chi connectivity index (χ4n) is 3.20. The molecule has 0 aromatic heterocycles. The molecular formula is C14H32N3Sn. The van der Waals surface area contributed by atoms with Gasteiger partial charge >= 0.3 is 123 Å². The van der Waals surface area contributed by atoms with Gasteiger partial charge in [0.25, 0.3) is 0 Å². The standard InChI is InChI=1S/C8H18N2.C6H14N.Sn/c1-6(2)9-8(5)10-7(3)4;1-5(2)7-6(3)4;/h6-8H,1-5H3;5-6H,1-4H3;/q-2;-1;+3. The molecule has 0 aromatic carbocycles. The van der Waals surface area contributed by atoms with Crippen molar-refractivity contribution in [1.29, 1.82) is 0 Å². The molecule has 1 heterocycles. The molecule has 0 bridgehead atoms. The molecule has 0 atom stereocenters. The van der Waals surface area contributed by atoms with Crippen LogP contribution in [0.2, 0.25) is 0 Å². The molecule has 4 heteroatoms. The van der Waals surface area contributed by atoms with Crippen LogP contribution in [0.5, 0.6) is 0 Å². The molecule has 1 aliphatic heterocycles. The maximum absolute atomic E-state index is 2.82. The molecular weight excluding hydrogens is 329 g/mol. The Bertz CT molecular complexity index is 242. The predicted molar refractivity (Wildman–Crippen MR) is 81.3 cm³/mol. The summed E-state index contributed by atoms with van der Waals surface area (Å²) in [5.41, 5.74) is 0. The van der Waals surface area contributed by atoms with E-state index in [0.29, 0.717) is 30.3 Å². The second kappa shape index (κ2) is 6.42. The molecule has 107 valence electrons. The number of nitrogens with zero attached hydrogens (tertiary/aromatic N) is 3. The maximum atomic E-state index is 2.82. The molecule has 1 saturated heterocycles. The van der Waals surface area contributed by atoms with Gasteiger partial charge in [-0.25, -0.2) is 0 Å². The molecule has 1 fully saturated rings. The summed E-state index contributed by atoms with van der Waals surface area (Å²) in [5.74, 6) is 0. The van der Waals surface area contributed by atoms with Gasteiger partial charge in [0, 0.05) is 0 Å². The number of hydrogen-bond donors (Lipinski definition) is 0. The van der Waals surface area contributed by atoms with E-state index in [1.807, 2.05) is 0 Å². The van der Waals surface area contributed by atoms with Crippen LogP contribution in [0.4, 0.5) is 0 Å². The monoisotopic (exact) mass is 362 g/mol. The third-order valence-electron chi connectivity index (χ3n) is 3.72. The summed E-state index contributed by atoms with van der Waals surface area (Å²) >= 11 is -1.80. The Morgan fingerprint density at radius 1 is 0.778 bits per heavy atom. The van der Waals surface area contributed by atoms with Gasteiger partial charge < -0.3 is 0 Å². The molecule has 1 aliphatic rings. The third-order valence-corrected chi connectivity index (χ3v) is 15.7. The first-order valence-corrected chi connectivity index (χ1v) is 11.2.